The molecule has 0 aromatic heterocycles. The molecule has 1 N–H and O–H groups in total. The maximum atomic E-state index is 11.6. The zero-order valence-corrected chi connectivity index (χ0v) is 11.2. The van der Waals surface area contributed by atoms with Gasteiger partial charge >= 0.3 is 5.97 Å². The fourth-order valence-corrected chi connectivity index (χ4v) is 2.69. The Labute approximate surface area is 114 Å². The summed E-state index contributed by atoms with van der Waals surface area (Å²) in [4.78, 5) is 14.0. The summed E-state index contributed by atoms with van der Waals surface area (Å²) in [7, 11) is 0. The van der Waals surface area contributed by atoms with Crippen LogP contribution in [0.2, 0.25) is 0 Å². The van der Waals surface area contributed by atoms with E-state index in [1.54, 1.807) is 0 Å². The Morgan fingerprint density at radius 2 is 1.89 bits per heavy atom. The van der Waals surface area contributed by atoms with Crippen molar-refractivity contribution in [3.63, 3.8) is 0 Å². The second-order valence-corrected chi connectivity index (χ2v) is 5.93. The van der Waals surface area contributed by atoms with Crippen LogP contribution in [0.3, 0.4) is 0 Å². The molecule has 0 radical (unpaired) electrons. The molecular weight excluding hydrogens is 238 g/mol. The van der Waals surface area contributed by atoms with Crippen LogP contribution in [0.4, 0.5) is 0 Å². The number of carboxylic acid groups (broad SMARTS) is 1. The minimum atomic E-state index is -0.701. The van der Waals surface area contributed by atoms with E-state index >= 15 is 0 Å². The SMILES string of the molecule is O=C(O)C(CN(CC1CC1)C1CC1)c1ccccc1. The smallest absolute Gasteiger partial charge is 0.312 e. The molecule has 3 rings (SSSR count). The summed E-state index contributed by atoms with van der Waals surface area (Å²) in [5, 5.41) is 9.50. The second-order valence-electron chi connectivity index (χ2n) is 5.93. The van der Waals surface area contributed by atoms with Crippen molar-refractivity contribution >= 4 is 5.97 Å². The van der Waals surface area contributed by atoms with Gasteiger partial charge in [0.2, 0.25) is 0 Å². The molecule has 2 fully saturated rings. The van der Waals surface area contributed by atoms with Crippen molar-refractivity contribution in [2.24, 2.45) is 5.92 Å². The predicted octanol–water partition coefficient (Wildman–Crippen LogP) is 2.73. The Morgan fingerprint density at radius 1 is 1.21 bits per heavy atom. The van der Waals surface area contributed by atoms with E-state index in [1.807, 2.05) is 30.3 Å². The molecule has 2 saturated carbocycles. The van der Waals surface area contributed by atoms with Crippen LogP contribution in [-0.2, 0) is 4.79 Å². The molecule has 3 heteroatoms. The van der Waals surface area contributed by atoms with E-state index in [0.29, 0.717) is 12.6 Å². The quantitative estimate of drug-likeness (QED) is 0.818. The number of benzene rings is 1. The minimum absolute atomic E-state index is 0.388. The largest absolute Gasteiger partial charge is 0.481 e. The molecule has 2 aliphatic carbocycles. The van der Waals surface area contributed by atoms with Crippen molar-refractivity contribution in [1.29, 1.82) is 0 Å². The zero-order chi connectivity index (χ0) is 13.2. The lowest BCUT2D eigenvalue weighted by atomic mass is 9.98. The lowest BCUT2D eigenvalue weighted by Crippen LogP contribution is -2.35. The normalized spacial score (nSPS) is 20.5. The topological polar surface area (TPSA) is 40.5 Å². The zero-order valence-electron chi connectivity index (χ0n) is 11.2. The molecule has 0 heterocycles. The Hall–Kier alpha value is -1.35. The van der Waals surface area contributed by atoms with Gasteiger partial charge in [0.1, 0.15) is 0 Å². The first-order valence-electron chi connectivity index (χ1n) is 7.26. The molecule has 1 unspecified atom stereocenters. The molecule has 0 spiro atoms. The van der Waals surface area contributed by atoms with E-state index in [4.69, 9.17) is 0 Å². The molecule has 1 aromatic carbocycles. The van der Waals surface area contributed by atoms with Crippen molar-refractivity contribution in [3.05, 3.63) is 35.9 Å². The highest BCUT2D eigenvalue weighted by Crippen LogP contribution is 2.36. The predicted molar refractivity (Wildman–Crippen MR) is 74.1 cm³/mol. The van der Waals surface area contributed by atoms with Gasteiger partial charge in [-0.1, -0.05) is 30.3 Å². The third-order valence-corrected chi connectivity index (χ3v) is 4.17. The Morgan fingerprint density at radius 3 is 2.42 bits per heavy atom. The average molecular weight is 259 g/mol. The van der Waals surface area contributed by atoms with Gasteiger partial charge in [-0.15, -0.1) is 0 Å². The summed E-state index contributed by atoms with van der Waals surface area (Å²) in [5.74, 6) is -0.265. The van der Waals surface area contributed by atoms with Gasteiger partial charge in [-0.05, 0) is 37.2 Å². The highest BCUT2D eigenvalue weighted by Gasteiger charge is 2.36. The van der Waals surface area contributed by atoms with E-state index < -0.39 is 5.97 Å². The van der Waals surface area contributed by atoms with Gasteiger partial charge < -0.3 is 5.11 Å². The highest BCUT2D eigenvalue weighted by molar-refractivity contribution is 5.76. The van der Waals surface area contributed by atoms with Crippen molar-refractivity contribution < 1.29 is 9.90 Å². The first-order chi connectivity index (χ1) is 9.24. The molecule has 1 atom stereocenters. The summed E-state index contributed by atoms with van der Waals surface area (Å²) in [6, 6.07) is 10.3. The first kappa shape index (κ1) is 12.7. The van der Waals surface area contributed by atoms with E-state index in [1.165, 1.54) is 25.7 Å². The van der Waals surface area contributed by atoms with Crippen LogP contribution in [0, 0.1) is 5.92 Å². The third kappa shape index (κ3) is 3.35. The standard InChI is InChI=1S/C16H21NO2/c18-16(19)15(13-4-2-1-3-5-13)11-17(14-8-9-14)10-12-6-7-12/h1-5,12,14-15H,6-11H2,(H,18,19). The number of carboxylic acids is 1. The van der Waals surface area contributed by atoms with E-state index in [0.717, 1.165) is 18.0 Å². The Kier molecular flexibility index (Phi) is 3.56. The van der Waals surface area contributed by atoms with Gasteiger partial charge in [0.25, 0.3) is 0 Å². The molecule has 0 bridgehead atoms. The Bertz CT molecular complexity index is 437. The molecule has 3 nitrogen and oxygen atoms in total. The molecule has 0 saturated heterocycles. The molecule has 2 aliphatic rings. The van der Waals surface area contributed by atoms with Crippen LogP contribution < -0.4 is 0 Å². The number of carbonyl (C=O) groups is 1. The van der Waals surface area contributed by atoms with E-state index in [9.17, 15) is 9.90 Å². The molecule has 0 aliphatic heterocycles. The van der Waals surface area contributed by atoms with Crippen LogP contribution in [0.25, 0.3) is 0 Å². The Balaban J connectivity index is 1.70. The average Bonchev–Trinajstić information content (AvgIpc) is 3.27. The fraction of sp³-hybridized carbons (Fsp3) is 0.562. The summed E-state index contributed by atoms with van der Waals surface area (Å²) in [6.45, 7) is 1.77. The highest BCUT2D eigenvalue weighted by atomic mass is 16.4. The third-order valence-electron chi connectivity index (χ3n) is 4.17. The van der Waals surface area contributed by atoms with Gasteiger partial charge in [-0.3, -0.25) is 9.69 Å². The fourth-order valence-electron chi connectivity index (χ4n) is 2.69. The van der Waals surface area contributed by atoms with Gasteiger partial charge in [0.05, 0.1) is 5.92 Å². The molecule has 0 amide bonds. The van der Waals surface area contributed by atoms with Crippen molar-refractivity contribution in [3.8, 4) is 0 Å². The van der Waals surface area contributed by atoms with Crippen LogP contribution in [0.1, 0.15) is 37.2 Å². The number of nitrogens with zero attached hydrogens (tertiary/aromatic N) is 1. The monoisotopic (exact) mass is 259 g/mol. The van der Waals surface area contributed by atoms with Crippen molar-refractivity contribution in [1.82, 2.24) is 4.90 Å². The molecular formula is C16H21NO2. The summed E-state index contributed by atoms with van der Waals surface area (Å²) >= 11 is 0. The number of hydrogen-bond acceptors (Lipinski definition) is 2. The summed E-state index contributed by atoms with van der Waals surface area (Å²) < 4.78 is 0. The lowest BCUT2D eigenvalue weighted by molar-refractivity contribution is -0.139. The second kappa shape index (κ2) is 5.33. The molecule has 19 heavy (non-hydrogen) atoms. The van der Waals surface area contributed by atoms with Gasteiger partial charge in [0.15, 0.2) is 0 Å². The molecule has 102 valence electrons. The molecule has 1 aromatic rings. The maximum Gasteiger partial charge on any atom is 0.312 e. The number of rotatable bonds is 7. The van der Waals surface area contributed by atoms with Crippen molar-refractivity contribution in [2.75, 3.05) is 13.1 Å². The number of hydrogen-bond donors (Lipinski definition) is 1. The van der Waals surface area contributed by atoms with Crippen LogP contribution in [-0.4, -0.2) is 35.1 Å². The van der Waals surface area contributed by atoms with Crippen LogP contribution >= 0.6 is 0 Å². The van der Waals surface area contributed by atoms with E-state index in [2.05, 4.69) is 4.90 Å². The lowest BCUT2D eigenvalue weighted by Gasteiger charge is -2.25. The first-order valence-corrected chi connectivity index (χ1v) is 7.26. The minimum Gasteiger partial charge on any atom is -0.481 e. The summed E-state index contributed by atoms with van der Waals surface area (Å²) in [6.07, 6.45) is 5.14. The van der Waals surface area contributed by atoms with Crippen LogP contribution in [0.15, 0.2) is 30.3 Å². The summed E-state index contributed by atoms with van der Waals surface area (Å²) in [5.41, 5.74) is 0.927. The number of aliphatic carboxylic acids is 1. The van der Waals surface area contributed by atoms with Crippen LogP contribution in [0.5, 0.6) is 0 Å². The van der Waals surface area contributed by atoms with Gasteiger partial charge in [-0.25, -0.2) is 0 Å². The van der Waals surface area contributed by atoms with Gasteiger partial charge in [-0.2, -0.15) is 0 Å². The van der Waals surface area contributed by atoms with Crippen molar-refractivity contribution in [2.45, 2.75) is 37.6 Å². The maximum absolute atomic E-state index is 11.6. The van der Waals surface area contributed by atoms with Gasteiger partial charge in [0, 0.05) is 19.1 Å². The van der Waals surface area contributed by atoms with E-state index in [-0.39, 0.29) is 5.92 Å².